The first kappa shape index (κ1) is 34.7. The molecule has 0 atom stereocenters. The minimum absolute atomic E-state index is 0.0615. The van der Waals surface area contributed by atoms with Crippen molar-refractivity contribution in [3.05, 3.63) is 96.0 Å². The number of hydrogen-bond donors (Lipinski definition) is 1. The van der Waals surface area contributed by atoms with Crippen LogP contribution >= 0.6 is 11.3 Å². The lowest BCUT2D eigenvalue weighted by Gasteiger charge is -2.28. The summed E-state index contributed by atoms with van der Waals surface area (Å²) in [6.45, 7) is 9.08. The molecule has 0 saturated heterocycles. The molecular formula is C34H34F4N6O3S. The number of allylic oxidation sites excluding steroid dienone is 2. The summed E-state index contributed by atoms with van der Waals surface area (Å²) < 4.78 is 60.7. The normalized spacial score (nSPS) is 14.9. The first-order valence-corrected chi connectivity index (χ1v) is 16.0. The summed E-state index contributed by atoms with van der Waals surface area (Å²) in [5, 5.41) is 15.4. The minimum atomic E-state index is -2.42. The number of nitrogens with zero attached hydrogens (tertiary/aromatic N) is 6. The second-order valence-corrected chi connectivity index (χ2v) is 11.8. The molecule has 0 bridgehead atoms. The summed E-state index contributed by atoms with van der Waals surface area (Å²) >= 11 is 1.39. The summed E-state index contributed by atoms with van der Waals surface area (Å²) in [7, 11) is 0. The SMILES string of the molecule is C=CC(=O)N1CCn2nc(-c3nc(-c4cnc5c(c4)CN(CC(F)F)CC5)c4ccsc4c3C=C(F)/C=C/F)cc2C1.C=COCCO. The quantitative estimate of drug-likeness (QED) is 0.0689. The van der Waals surface area contributed by atoms with Gasteiger partial charge in [0.1, 0.15) is 23.8 Å². The number of halogens is 4. The number of thiophene rings is 1. The smallest absolute Gasteiger partial charge is 0.251 e. The number of rotatable bonds is 10. The van der Waals surface area contributed by atoms with Crippen LogP contribution in [-0.4, -0.2) is 79.8 Å². The molecule has 1 N–H and O–H groups in total. The zero-order chi connectivity index (χ0) is 34.2. The van der Waals surface area contributed by atoms with Crippen molar-refractivity contribution >= 4 is 33.4 Å². The van der Waals surface area contributed by atoms with Gasteiger partial charge >= 0.3 is 0 Å². The van der Waals surface area contributed by atoms with Crippen molar-refractivity contribution < 1.29 is 32.2 Å². The van der Waals surface area contributed by atoms with Crippen molar-refractivity contribution in [3.63, 3.8) is 0 Å². The van der Waals surface area contributed by atoms with Crippen molar-refractivity contribution in [2.75, 3.05) is 32.8 Å². The van der Waals surface area contributed by atoms with Crippen molar-refractivity contribution in [1.29, 1.82) is 0 Å². The highest BCUT2D eigenvalue weighted by molar-refractivity contribution is 7.17. The van der Waals surface area contributed by atoms with E-state index < -0.39 is 12.3 Å². The van der Waals surface area contributed by atoms with E-state index in [9.17, 15) is 22.4 Å². The highest BCUT2D eigenvalue weighted by Crippen LogP contribution is 2.40. The molecule has 2 aliphatic heterocycles. The lowest BCUT2D eigenvalue weighted by Crippen LogP contribution is -2.37. The van der Waals surface area contributed by atoms with Crippen LogP contribution < -0.4 is 0 Å². The number of ether oxygens (including phenoxy) is 1. The van der Waals surface area contributed by atoms with Crippen LogP contribution in [0.2, 0.25) is 0 Å². The number of aliphatic hydroxyl groups excluding tert-OH is 1. The number of hydrogen-bond acceptors (Lipinski definition) is 8. The van der Waals surface area contributed by atoms with Gasteiger partial charge in [0.15, 0.2) is 0 Å². The second-order valence-electron chi connectivity index (χ2n) is 10.9. The van der Waals surface area contributed by atoms with Gasteiger partial charge in [0.05, 0.1) is 50.2 Å². The first-order valence-electron chi connectivity index (χ1n) is 15.1. The van der Waals surface area contributed by atoms with E-state index in [1.807, 2.05) is 23.6 Å². The third-order valence-electron chi connectivity index (χ3n) is 7.79. The monoisotopic (exact) mass is 682 g/mol. The van der Waals surface area contributed by atoms with Crippen molar-refractivity contribution in [1.82, 2.24) is 29.5 Å². The Morgan fingerprint density at radius 3 is 2.71 bits per heavy atom. The molecule has 0 saturated carbocycles. The molecule has 6 rings (SSSR count). The maximum absolute atomic E-state index is 14.7. The van der Waals surface area contributed by atoms with E-state index in [1.54, 1.807) is 20.7 Å². The fourth-order valence-corrected chi connectivity index (χ4v) is 6.55. The van der Waals surface area contributed by atoms with Gasteiger partial charge in [0, 0.05) is 65.2 Å². The molecule has 0 aliphatic carbocycles. The van der Waals surface area contributed by atoms with Crippen LogP contribution in [0.3, 0.4) is 0 Å². The topological polar surface area (TPSA) is 96.6 Å². The molecular weight excluding hydrogens is 648 g/mol. The number of alkyl halides is 2. The van der Waals surface area contributed by atoms with Crippen LogP contribution in [0.1, 0.15) is 22.5 Å². The third kappa shape index (κ3) is 7.89. The Labute approximate surface area is 278 Å². The van der Waals surface area contributed by atoms with Gasteiger partial charge in [-0.15, -0.1) is 11.3 Å². The standard InChI is InChI=1S/C30H26F4N6OS.C4H8O2/c1-2-27(41)39-8-9-40-21(16-39)13-25(37-40)29-23(12-20(32)3-6-31)30-22(5-10-42-30)28(36-29)18-11-19-15-38(17-26(33)34)7-4-24(19)35-14-18;1-2-6-4-3-5/h2-3,5-6,10-14,26H,1,4,7-9,15-17H2;2,5H,1,3-4H2/b6-3+,20-12?;. The molecule has 4 aromatic heterocycles. The third-order valence-corrected chi connectivity index (χ3v) is 8.74. The molecule has 48 heavy (non-hydrogen) atoms. The van der Waals surface area contributed by atoms with Gasteiger partial charge in [0.2, 0.25) is 5.91 Å². The molecule has 0 spiro atoms. The summed E-state index contributed by atoms with van der Waals surface area (Å²) in [4.78, 5) is 25.2. The zero-order valence-electron chi connectivity index (χ0n) is 26.0. The highest BCUT2D eigenvalue weighted by Gasteiger charge is 2.26. The van der Waals surface area contributed by atoms with Gasteiger partial charge in [0.25, 0.3) is 6.43 Å². The van der Waals surface area contributed by atoms with Crippen LogP contribution in [-0.2, 0) is 35.6 Å². The molecule has 14 heteroatoms. The predicted molar refractivity (Wildman–Crippen MR) is 177 cm³/mol. The average molecular weight is 683 g/mol. The molecule has 0 aromatic carbocycles. The molecule has 6 heterocycles. The molecule has 4 aromatic rings. The summed E-state index contributed by atoms with van der Waals surface area (Å²) in [5.74, 6) is -0.968. The largest absolute Gasteiger partial charge is 0.499 e. The lowest BCUT2D eigenvalue weighted by molar-refractivity contribution is -0.127. The van der Waals surface area contributed by atoms with Gasteiger partial charge in [-0.2, -0.15) is 5.10 Å². The molecule has 9 nitrogen and oxygen atoms in total. The Morgan fingerprint density at radius 1 is 1.17 bits per heavy atom. The Balaban J connectivity index is 0.000000689. The van der Waals surface area contributed by atoms with E-state index in [0.29, 0.717) is 74.0 Å². The van der Waals surface area contributed by atoms with Crippen molar-refractivity contribution in [2.24, 2.45) is 0 Å². The number of aliphatic hydroxyl groups is 1. The van der Waals surface area contributed by atoms with Crippen molar-refractivity contribution in [2.45, 2.75) is 32.5 Å². The number of carbonyl (C=O) groups is 1. The molecule has 1 amide bonds. The number of aromatic nitrogens is 4. The van der Waals surface area contributed by atoms with Gasteiger partial charge in [-0.1, -0.05) is 13.2 Å². The maximum Gasteiger partial charge on any atom is 0.251 e. The molecule has 2 aliphatic rings. The highest BCUT2D eigenvalue weighted by atomic mass is 32.1. The maximum atomic E-state index is 14.7. The van der Waals surface area contributed by atoms with Gasteiger partial charge in [-0.05, 0) is 41.3 Å². The van der Waals surface area contributed by atoms with E-state index in [1.165, 1.54) is 29.8 Å². The Bertz CT molecular complexity index is 1850. The summed E-state index contributed by atoms with van der Waals surface area (Å²) in [6.07, 6.45) is 4.55. The fraction of sp³-hybridized carbons (Fsp3) is 0.294. The number of fused-ring (bicyclic) bond motifs is 3. The second kappa shape index (κ2) is 16.0. The Hall–Kier alpha value is -4.66. The van der Waals surface area contributed by atoms with E-state index in [4.69, 9.17) is 15.2 Å². The molecule has 0 unspecified atom stereocenters. The van der Waals surface area contributed by atoms with E-state index in [0.717, 1.165) is 33.1 Å². The fourth-order valence-electron chi connectivity index (χ4n) is 5.64. The van der Waals surface area contributed by atoms with E-state index in [-0.39, 0.29) is 25.4 Å². The first-order chi connectivity index (χ1) is 23.3. The van der Waals surface area contributed by atoms with Crippen LogP contribution in [0, 0.1) is 0 Å². The summed E-state index contributed by atoms with van der Waals surface area (Å²) in [5.41, 5.74) is 5.12. The molecule has 0 radical (unpaired) electrons. The van der Waals surface area contributed by atoms with Gasteiger partial charge in [-0.3, -0.25) is 19.4 Å². The van der Waals surface area contributed by atoms with Crippen LogP contribution in [0.15, 0.2) is 73.5 Å². The van der Waals surface area contributed by atoms with Gasteiger partial charge < -0.3 is 14.7 Å². The Morgan fingerprint density at radius 2 is 2.00 bits per heavy atom. The van der Waals surface area contributed by atoms with Gasteiger partial charge in [-0.25, -0.2) is 22.5 Å². The predicted octanol–water partition coefficient (Wildman–Crippen LogP) is 6.31. The summed E-state index contributed by atoms with van der Waals surface area (Å²) in [6, 6.07) is 5.63. The van der Waals surface area contributed by atoms with E-state index >= 15 is 0 Å². The average Bonchev–Trinajstić information content (AvgIpc) is 3.74. The van der Waals surface area contributed by atoms with Crippen molar-refractivity contribution in [3.8, 4) is 22.6 Å². The van der Waals surface area contributed by atoms with Crippen LogP contribution in [0.25, 0.3) is 38.8 Å². The number of amides is 1. The zero-order valence-corrected chi connectivity index (χ0v) is 26.8. The van der Waals surface area contributed by atoms with Crippen LogP contribution in [0.5, 0.6) is 0 Å². The molecule has 0 fully saturated rings. The van der Waals surface area contributed by atoms with Crippen LogP contribution in [0.4, 0.5) is 17.6 Å². The Kier molecular flexibility index (Phi) is 11.5. The number of pyridine rings is 2. The van der Waals surface area contributed by atoms with E-state index in [2.05, 4.69) is 22.9 Å². The number of carbonyl (C=O) groups excluding carboxylic acids is 1. The minimum Gasteiger partial charge on any atom is -0.499 e. The molecule has 252 valence electrons. The lowest BCUT2D eigenvalue weighted by atomic mass is 9.99.